The van der Waals surface area contributed by atoms with Gasteiger partial charge in [0, 0.05) is 19.6 Å². The fourth-order valence-corrected chi connectivity index (χ4v) is 2.11. The van der Waals surface area contributed by atoms with Gasteiger partial charge in [0.05, 0.1) is 6.04 Å². The van der Waals surface area contributed by atoms with Crippen molar-refractivity contribution in [2.45, 2.75) is 6.04 Å². The molecule has 4 heteroatoms. The van der Waals surface area contributed by atoms with Gasteiger partial charge in [-0.3, -0.25) is 4.90 Å². The Morgan fingerprint density at radius 1 is 1.44 bits per heavy atom. The van der Waals surface area contributed by atoms with Crippen LogP contribution in [0.25, 0.3) is 11.1 Å². The molecule has 1 aromatic carbocycles. The summed E-state index contributed by atoms with van der Waals surface area (Å²) >= 11 is 0. The molecule has 1 aliphatic rings. The highest BCUT2D eigenvalue weighted by Gasteiger charge is 2.24. The molecule has 0 aliphatic carbocycles. The van der Waals surface area contributed by atoms with Crippen LogP contribution in [0.4, 0.5) is 0 Å². The zero-order valence-electron chi connectivity index (χ0n) is 9.31. The van der Waals surface area contributed by atoms with Gasteiger partial charge >= 0.3 is 0 Å². The summed E-state index contributed by atoms with van der Waals surface area (Å²) in [6.45, 7) is 2.97. The maximum absolute atomic E-state index is 5.79. The van der Waals surface area contributed by atoms with Crippen molar-refractivity contribution < 1.29 is 4.42 Å². The normalized spacial score (nSPS) is 22.7. The quantitative estimate of drug-likeness (QED) is 0.784. The SMILES string of the molecule is CN1CCNCC1c1nc2ccccc2o1. The molecule has 16 heavy (non-hydrogen) atoms. The molecule has 1 unspecified atom stereocenters. The van der Waals surface area contributed by atoms with E-state index in [9.17, 15) is 0 Å². The molecule has 0 amide bonds. The number of hydrogen-bond acceptors (Lipinski definition) is 4. The summed E-state index contributed by atoms with van der Waals surface area (Å²) in [5, 5.41) is 3.37. The van der Waals surface area contributed by atoms with Gasteiger partial charge in [0.2, 0.25) is 5.89 Å². The lowest BCUT2D eigenvalue weighted by Crippen LogP contribution is -2.43. The Bertz CT molecular complexity index is 461. The van der Waals surface area contributed by atoms with Crippen molar-refractivity contribution in [1.29, 1.82) is 0 Å². The molecule has 0 saturated carbocycles. The van der Waals surface area contributed by atoms with E-state index in [1.807, 2.05) is 24.3 Å². The van der Waals surface area contributed by atoms with Crippen LogP contribution in [0.3, 0.4) is 0 Å². The molecule has 1 N–H and O–H groups in total. The predicted octanol–water partition coefficient (Wildman–Crippen LogP) is 1.40. The highest BCUT2D eigenvalue weighted by atomic mass is 16.3. The number of hydrogen-bond donors (Lipinski definition) is 1. The van der Waals surface area contributed by atoms with Gasteiger partial charge in [0.15, 0.2) is 5.58 Å². The topological polar surface area (TPSA) is 41.3 Å². The first-order chi connectivity index (χ1) is 7.84. The van der Waals surface area contributed by atoms with Crippen LogP contribution in [-0.2, 0) is 0 Å². The molecule has 2 aromatic rings. The molecule has 1 fully saturated rings. The number of nitrogens with one attached hydrogen (secondary N) is 1. The van der Waals surface area contributed by atoms with Crippen molar-refractivity contribution in [1.82, 2.24) is 15.2 Å². The third-order valence-corrected chi connectivity index (χ3v) is 3.11. The van der Waals surface area contributed by atoms with E-state index in [1.54, 1.807) is 0 Å². The number of rotatable bonds is 1. The summed E-state index contributed by atoms with van der Waals surface area (Å²) < 4.78 is 5.79. The van der Waals surface area contributed by atoms with Gasteiger partial charge in [0.1, 0.15) is 5.52 Å². The van der Waals surface area contributed by atoms with Gasteiger partial charge in [-0.25, -0.2) is 4.98 Å². The van der Waals surface area contributed by atoms with Gasteiger partial charge in [0.25, 0.3) is 0 Å². The minimum absolute atomic E-state index is 0.251. The van der Waals surface area contributed by atoms with E-state index < -0.39 is 0 Å². The monoisotopic (exact) mass is 217 g/mol. The number of aromatic nitrogens is 1. The first kappa shape index (κ1) is 9.81. The number of oxazole rings is 1. The number of piperazine rings is 1. The highest BCUT2D eigenvalue weighted by Crippen LogP contribution is 2.24. The second-order valence-electron chi connectivity index (χ2n) is 4.22. The van der Waals surface area contributed by atoms with Gasteiger partial charge in [-0.15, -0.1) is 0 Å². The van der Waals surface area contributed by atoms with Crippen molar-refractivity contribution in [3.8, 4) is 0 Å². The van der Waals surface area contributed by atoms with Crippen LogP contribution < -0.4 is 5.32 Å². The summed E-state index contributed by atoms with van der Waals surface area (Å²) in [7, 11) is 2.11. The lowest BCUT2D eigenvalue weighted by atomic mass is 10.2. The van der Waals surface area contributed by atoms with Gasteiger partial charge in [-0.05, 0) is 19.2 Å². The van der Waals surface area contributed by atoms with E-state index in [0.29, 0.717) is 0 Å². The minimum atomic E-state index is 0.251. The summed E-state index contributed by atoms with van der Waals surface area (Å²) in [5.41, 5.74) is 1.81. The lowest BCUT2D eigenvalue weighted by molar-refractivity contribution is 0.175. The molecule has 1 aromatic heterocycles. The molecule has 0 spiro atoms. The Balaban J connectivity index is 1.98. The molecular formula is C12H15N3O. The van der Waals surface area contributed by atoms with Crippen molar-refractivity contribution in [2.24, 2.45) is 0 Å². The molecular weight excluding hydrogens is 202 g/mol. The van der Waals surface area contributed by atoms with E-state index in [4.69, 9.17) is 4.42 Å². The molecule has 3 rings (SSSR count). The van der Waals surface area contributed by atoms with Crippen LogP contribution >= 0.6 is 0 Å². The van der Waals surface area contributed by atoms with E-state index in [-0.39, 0.29) is 6.04 Å². The molecule has 2 heterocycles. The van der Waals surface area contributed by atoms with Crippen molar-refractivity contribution >= 4 is 11.1 Å². The van der Waals surface area contributed by atoms with Gasteiger partial charge in [-0.2, -0.15) is 0 Å². The molecule has 1 aliphatic heterocycles. The molecule has 1 saturated heterocycles. The molecule has 84 valence electrons. The first-order valence-electron chi connectivity index (χ1n) is 5.61. The predicted molar refractivity (Wildman–Crippen MR) is 62.2 cm³/mol. The Kier molecular flexibility index (Phi) is 2.38. The average Bonchev–Trinajstić information content (AvgIpc) is 2.73. The zero-order valence-corrected chi connectivity index (χ0v) is 9.31. The van der Waals surface area contributed by atoms with Crippen molar-refractivity contribution in [3.63, 3.8) is 0 Å². The number of fused-ring (bicyclic) bond motifs is 1. The second-order valence-corrected chi connectivity index (χ2v) is 4.22. The Labute approximate surface area is 94.3 Å². The van der Waals surface area contributed by atoms with E-state index in [0.717, 1.165) is 36.6 Å². The van der Waals surface area contributed by atoms with E-state index in [2.05, 4.69) is 22.2 Å². The zero-order chi connectivity index (χ0) is 11.0. The number of nitrogens with zero attached hydrogens (tertiary/aromatic N) is 2. The smallest absolute Gasteiger partial charge is 0.214 e. The van der Waals surface area contributed by atoms with Crippen LogP contribution in [0.15, 0.2) is 28.7 Å². The average molecular weight is 217 g/mol. The molecule has 4 nitrogen and oxygen atoms in total. The van der Waals surface area contributed by atoms with Crippen LogP contribution in [0.2, 0.25) is 0 Å². The first-order valence-corrected chi connectivity index (χ1v) is 5.61. The van der Waals surface area contributed by atoms with E-state index >= 15 is 0 Å². The fraction of sp³-hybridized carbons (Fsp3) is 0.417. The van der Waals surface area contributed by atoms with Crippen LogP contribution in [-0.4, -0.2) is 36.6 Å². The summed E-state index contributed by atoms with van der Waals surface area (Å²) in [5.74, 6) is 0.816. The number of likely N-dealkylation sites (N-methyl/N-ethyl adjacent to an activating group) is 1. The summed E-state index contributed by atoms with van der Waals surface area (Å²) in [6, 6.07) is 8.15. The second kappa shape index (κ2) is 3.88. The van der Waals surface area contributed by atoms with Crippen molar-refractivity contribution in [3.05, 3.63) is 30.2 Å². The maximum atomic E-state index is 5.79. The third kappa shape index (κ3) is 1.60. The summed E-state index contributed by atoms with van der Waals surface area (Å²) in [4.78, 5) is 6.82. The maximum Gasteiger partial charge on any atom is 0.214 e. The third-order valence-electron chi connectivity index (χ3n) is 3.11. The van der Waals surface area contributed by atoms with Crippen LogP contribution in [0.1, 0.15) is 11.9 Å². The Hall–Kier alpha value is -1.39. The minimum Gasteiger partial charge on any atom is -0.439 e. The Morgan fingerprint density at radius 2 is 2.31 bits per heavy atom. The van der Waals surface area contributed by atoms with Gasteiger partial charge in [-0.1, -0.05) is 12.1 Å². The Morgan fingerprint density at radius 3 is 3.12 bits per heavy atom. The van der Waals surface area contributed by atoms with Crippen LogP contribution in [0, 0.1) is 0 Å². The van der Waals surface area contributed by atoms with Crippen LogP contribution in [0.5, 0.6) is 0 Å². The van der Waals surface area contributed by atoms with Crippen molar-refractivity contribution in [2.75, 3.05) is 26.7 Å². The lowest BCUT2D eigenvalue weighted by Gasteiger charge is -2.30. The fourth-order valence-electron chi connectivity index (χ4n) is 2.11. The number of para-hydroxylation sites is 2. The largest absolute Gasteiger partial charge is 0.439 e. The number of benzene rings is 1. The van der Waals surface area contributed by atoms with E-state index in [1.165, 1.54) is 0 Å². The standard InChI is InChI=1S/C12H15N3O/c1-15-7-6-13-8-10(15)12-14-9-4-2-3-5-11(9)16-12/h2-5,10,13H,6-8H2,1H3. The highest BCUT2D eigenvalue weighted by molar-refractivity contribution is 5.72. The van der Waals surface area contributed by atoms with Gasteiger partial charge < -0.3 is 9.73 Å². The summed E-state index contributed by atoms with van der Waals surface area (Å²) in [6.07, 6.45) is 0. The molecule has 0 bridgehead atoms. The molecule has 1 atom stereocenters. The molecule has 0 radical (unpaired) electrons.